The molecule has 2 heterocycles. The molecule has 0 bridgehead atoms. The van der Waals surface area contributed by atoms with E-state index < -0.39 is 12.3 Å². The van der Waals surface area contributed by atoms with Crippen LogP contribution in [0.25, 0.3) is 17.0 Å². The van der Waals surface area contributed by atoms with E-state index in [2.05, 4.69) is 10.3 Å². The Hall–Kier alpha value is -2.80. The second kappa shape index (κ2) is 13.2. The molecule has 1 saturated heterocycles. The zero-order chi connectivity index (χ0) is 24.3. The van der Waals surface area contributed by atoms with Crippen LogP contribution in [-0.2, 0) is 0 Å². The van der Waals surface area contributed by atoms with Crippen LogP contribution < -0.4 is 10.1 Å². The van der Waals surface area contributed by atoms with E-state index in [1.807, 2.05) is 85.5 Å². The largest absolute Gasteiger partial charge is 0.495 e. The summed E-state index contributed by atoms with van der Waals surface area (Å²) < 4.78 is 20.1. The predicted octanol–water partition coefficient (Wildman–Crippen LogP) is 5.02. The van der Waals surface area contributed by atoms with Gasteiger partial charge in [0.05, 0.1) is 24.9 Å². The number of fused-ring (bicyclic) bond motifs is 1. The molecular formula is C28H36FN3O2. The quantitative estimate of drug-likeness (QED) is 0.489. The highest BCUT2D eigenvalue weighted by Crippen LogP contribution is 2.27. The van der Waals surface area contributed by atoms with Crippen molar-refractivity contribution >= 4 is 17.0 Å². The van der Waals surface area contributed by atoms with Gasteiger partial charge in [-0.25, -0.2) is 4.39 Å². The number of likely N-dealkylation sites (tertiary alicyclic amines) is 1. The maximum Gasteiger partial charge on any atom is 0.137 e. The Morgan fingerprint density at radius 3 is 2.74 bits per heavy atom. The van der Waals surface area contributed by atoms with Crippen LogP contribution in [0.5, 0.6) is 5.75 Å². The SMILES string of the molecule is CC.COc1cnc2cccc(C(O)CN3CCC(NC/C=C/c4ccccc4)C(F)C3)c2c1. The van der Waals surface area contributed by atoms with Crippen molar-refractivity contribution in [3.8, 4) is 5.75 Å². The molecule has 2 aromatic carbocycles. The van der Waals surface area contributed by atoms with Crippen LogP contribution in [-0.4, -0.2) is 60.5 Å². The second-order valence-corrected chi connectivity index (χ2v) is 8.20. The monoisotopic (exact) mass is 465 g/mol. The Morgan fingerprint density at radius 1 is 1.21 bits per heavy atom. The molecule has 3 atom stereocenters. The summed E-state index contributed by atoms with van der Waals surface area (Å²) in [7, 11) is 1.60. The highest BCUT2D eigenvalue weighted by Gasteiger charge is 2.30. The van der Waals surface area contributed by atoms with E-state index in [-0.39, 0.29) is 6.04 Å². The van der Waals surface area contributed by atoms with Gasteiger partial charge in [-0.15, -0.1) is 0 Å². The van der Waals surface area contributed by atoms with E-state index in [1.165, 1.54) is 0 Å². The molecule has 0 spiro atoms. The summed E-state index contributed by atoms with van der Waals surface area (Å²) in [6.07, 6.45) is 4.74. The normalized spacial score (nSPS) is 19.6. The van der Waals surface area contributed by atoms with E-state index in [0.29, 0.717) is 31.8 Å². The van der Waals surface area contributed by atoms with Gasteiger partial charge in [0, 0.05) is 31.1 Å². The van der Waals surface area contributed by atoms with Crippen molar-refractivity contribution in [2.24, 2.45) is 0 Å². The molecule has 2 N–H and O–H groups in total. The first-order valence-electron chi connectivity index (χ1n) is 12.1. The number of ether oxygens (including phenoxy) is 1. The van der Waals surface area contributed by atoms with Gasteiger partial charge in [0.1, 0.15) is 11.9 Å². The molecule has 1 aromatic heterocycles. The third-order valence-electron chi connectivity index (χ3n) is 5.99. The van der Waals surface area contributed by atoms with E-state index in [4.69, 9.17) is 4.74 Å². The van der Waals surface area contributed by atoms with Crippen LogP contribution in [0.2, 0.25) is 0 Å². The summed E-state index contributed by atoms with van der Waals surface area (Å²) in [5.41, 5.74) is 2.73. The number of rotatable bonds is 8. The summed E-state index contributed by atoms with van der Waals surface area (Å²) >= 11 is 0. The average Bonchev–Trinajstić information content (AvgIpc) is 2.88. The third kappa shape index (κ3) is 6.86. The fourth-order valence-electron chi connectivity index (χ4n) is 4.24. The Bertz CT molecular complexity index is 1040. The molecule has 5 nitrogen and oxygen atoms in total. The Kier molecular flexibility index (Phi) is 10.0. The van der Waals surface area contributed by atoms with Crippen molar-refractivity contribution in [3.05, 3.63) is 78.0 Å². The zero-order valence-electron chi connectivity index (χ0n) is 20.3. The van der Waals surface area contributed by atoms with E-state index in [9.17, 15) is 9.50 Å². The minimum absolute atomic E-state index is 0.171. The number of aliphatic hydroxyl groups is 1. The number of hydrogen-bond donors (Lipinski definition) is 2. The highest BCUT2D eigenvalue weighted by atomic mass is 19.1. The van der Waals surface area contributed by atoms with Crippen molar-refractivity contribution < 1.29 is 14.2 Å². The van der Waals surface area contributed by atoms with Crippen molar-refractivity contribution in [1.82, 2.24) is 15.2 Å². The molecule has 1 aliphatic heterocycles. The third-order valence-corrected chi connectivity index (χ3v) is 5.99. The van der Waals surface area contributed by atoms with Gasteiger partial charge >= 0.3 is 0 Å². The van der Waals surface area contributed by atoms with Crippen LogP contribution in [0.4, 0.5) is 4.39 Å². The lowest BCUT2D eigenvalue weighted by Crippen LogP contribution is -2.51. The number of aromatic nitrogens is 1. The van der Waals surface area contributed by atoms with Crippen molar-refractivity contribution in [2.75, 3.05) is 33.3 Å². The molecule has 1 aliphatic rings. The lowest BCUT2D eigenvalue weighted by molar-refractivity contribution is 0.0583. The molecule has 0 saturated carbocycles. The number of piperidine rings is 1. The predicted molar refractivity (Wildman–Crippen MR) is 138 cm³/mol. The van der Waals surface area contributed by atoms with Crippen LogP contribution >= 0.6 is 0 Å². The Balaban J connectivity index is 0.00000158. The molecule has 182 valence electrons. The minimum Gasteiger partial charge on any atom is -0.495 e. The number of methoxy groups -OCH3 is 1. The average molecular weight is 466 g/mol. The lowest BCUT2D eigenvalue weighted by Gasteiger charge is -2.36. The Labute approximate surface area is 202 Å². The minimum atomic E-state index is -0.977. The summed E-state index contributed by atoms with van der Waals surface area (Å²) in [5.74, 6) is 0.647. The zero-order valence-corrected chi connectivity index (χ0v) is 20.3. The molecule has 3 unspecified atom stereocenters. The van der Waals surface area contributed by atoms with Gasteiger partial charge in [-0.1, -0.05) is 68.5 Å². The second-order valence-electron chi connectivity index (χ2n) is 8.20. The molecule has 0 radical (unpaired) electrons. The molecule has 4 rings (SSSR count). The number of nitrogens with one attached hydrogen (secondary N) is 1. The maximum atomic E-state index is 14.8. The molecule has 1 fully saturated rings. The van der Waals surface area contributed by atoms with Gasteiger partial charge in [-0.05, 0) is 36.2 Å². The highest BCUT2D eigenvalue weighted by molar-refractivity contribution is 5.83. The number of β-amino-alcohol motifs (C(OH)–C–C–N with tert-alkyl or cyclic N) is 1. The fourth-order valence-corrected chi connectivity index (χ4v) is 4.24. The van der Waals surface area contributed by atoms with Crippen LogP contribution in [0.1, 0.15) is 37.5 Å². The van der Waals surface area contributed by atoms with Gasteiger partial charge in [0.15, 0.2) is 0 Å². The number of nitrogens with zero attached hydrogens (tertiary/aromatic N) is 2. The Morgan fingerprint density at radius 2 is 2.00 bits per heavy atom. The molecule has 3 aromatic rings. The summed E-state index contributed by atoms with van der Waals surface area (Å²) in [6, 6.07) is 17.5. The van der Waals surface area contributed by atoms with Gasteiger partial charge in [0.25, 0.3) is 0 Å². The van der Waals surface area contributed by atoms with Crippen LogP contribution in [0.3, 0.4) is 0 Å². The van der Waals surface area contributed by atoms with E-state index >= 15 is 0 Å². The molecule has 0 amide bonds. The summed E-state index contributed by atoms with van der Waals surface area (Å²) in [5, 5.41) is 15.1. The molecule has 6 heteroatoms. The van der Waals surface area contributed by atoms with Crippen molar-refractivity contribution in [3.63, 3.8) is 0 Å². The fraction of sp³-hybridized carbons (Fsp3) is 0.393. The van der Waals surface area contributed by atoms with Gasteiger partial charge in [-0.3, -0.25) is 9.88 Å². The standard InChI is InChI=1S/C26H30FN3O2.C2H6/c1-32-20-15-22-21(10-5-11-24(22)29-16-20)26(31)18-30-14-12-25(23(27)17-30)28-13-6-9-19-7-3-2-4-8-19;1-2/h2-11,15-16,23,25-26,28,31H,12-14,17-18H2,1H3;1-2H3/b9-6+;. The van der Waals surface area contributed by atoms with Gasteiger partial charge in [0.2, 0.25) is 0 Å². The van der Waals surface area contributed by atoms with Crippen LogP contribution in [0.15, 0.2) is 66.9 Å². The van der Waals surface area contributed by atoms with Crippen LogP contribution in [0, 0.1) is 0 Å². The number of hydrogen-bond acceptors (Lipinski definition) is 5. The van der Waals surface area contributed by atoms with Gasteiger partial charge in [-0.2, -0.15) is 0 Å². The first-order valence-corrected chi connectivity index (χ1v) is 12.1. The molecular weight excluding hydrogens is 429 g/mol. The smallest absolute Gasteiger partial charge is 0.137 e. The van der Waals surface area contributed by atoms with E-state index in [1.54, 1.807) is 13.3 Å². The van der Waals surface area contributed by atoms with Gasteiger partial charge < -0.3 is 15.2 Å². The summed E-state index contributed by atoms with van der Waals surface area (Å²) in [6.45, 7) is 6.07. The first kappa shape index (κ1) is 25.8. The van der Waals surface area contributed by atoms with Crippen molar-refractivity contribution in [2.45, 2.75) is 38.6 Å². The maximum absolute atomic E-state index is 14.8. The lowest BCUT2D eigenvalue weighted by atomic mass is 9.99. The first-order chi connectivity index (χ1) is 16.6. The molecule has 34 heavy (non-hydrogen) atoms. The number of benzene rings is 2. The molecule has 0 aliphatic carbocycles. The summed E-state index contributed by atoms with van der Waals surface area (Å²) in [4.78, 5) is 6.39. The topological polar surface area (TPSA) is 57.6 Å². The van der Waals surface area contributed by atoms with E-state index in [0.717, 1.165) is 28.6 Å². The number of aliphatic hydroxyl groups excluding tert-OH is 1. The number of alkyl halides is 1. The number of pyridine rings is 1. The number of halogens is 1. The van der Waals surface area contributed by atoms with Crippen molar-refractivity contribution in [1.29, 1.82) is 0 Å².